The number of benzene rings is 1. The van der Waals surface area contributed by atoms with Crippen molar-refractivity contribution < 1.29 is 4.52 Å². The van der Waals surface area contributed by atoms with E-state index in [1.165, 1.54) is 0 Å². The predicted octanol–water partition coefficient (Wildman–Crippen LogP) is 4.48. The molecule has 4 aromatic rings. The Hall–Kier alpha value is -3.28. The van der Waals surface area contributed by atoms with Crippen molar-refractivity contribution in [2.75, 3.05) is 0 Å². The van der Waals surface area contributed by atoms with Gasteiger partial charge in [0.25, 0.3) is 0 Å². The maximum Gasteiger partial charge on any atom is 0.229 e. The summed E-state index contributed by atoms with van der Waals surface area (Å²) in [7, 11) is 0. The summed E-state index contributed by atoms with van der Waals surface area (Å²) in [5.74, 6) is 1.50. The zero-order chi connectivity index (χ0) is 18.8. The molecule has 4 rings (SSSR count). The van der Waals surface area contributed by atoms with Crippen LogP contribution in [0.3, 0.4) is 0 Å². The molecule has 0 spiro atoms. The molecule has 0 fully saturated rings. The van der Waals surface area contributed by atoms with E-state index in [1.807, 2.05) is 56.0 Å². The summed E-state index contributed by atoms with van der Waals surface area (Å²) in [5.41, 5.74) is 5.12. The molecular formula is C21H21N5O. The van der Waals surface area contributed by atoms with Crippen LogP contribution in [-0.2, 0) is 6.54 Å². The van der Waals surface area contributed by atoms with Gasteiger partial charge in [-0.2, -0.15) is 10.1 Å². The summed E-state index contributed by atoms with van der Waals surface area (Å²) >= 11 is 0. The lowest BCUT2D eigenvalue weighted by Crippen LogP contribution is -2.02. The molecule has 3 heterocycles. The van der Waals surface area contributed by atoms with E-state index in [4.69, 9.17) is 4.52 Å². The van der Waals surface area contributed by atoms with Crippen molar-refractivity contribution in [3.8, 4) is 22.5 Å². The largest absolute Gasteiger partial charge is 0.339 e. The Bertz CT molecular complexity index is 1050. The van der Waals surface area contributed by atoms with Crippen LogP contribution in [0.15, 0.2) is 59.4 Å². The molecule has 0 saturated heterocycles. The van der Waals surface area contributed by atoms with Crippen molar-refractivity contribution in [1.29, 1.82) is 0 Å². The first-order valence-corrected chi connectivity index (χ1v) is 8.98. The maximum absolute atomic E-state index is 5.25. The first-order chi connectivity index (χ1) is 13.1. The second-order valence-electron chi connectivity index (χ2n) is 6.90. The minimum absolute atomic E-state index is 0.220. The quantitative estimate of drug-likeness (QED) is 0.526. The van der Waals surface area contributed by atoms with Gasteiger partial charge in [0.2, 0.25) is 5.89 Å². The number of pyridine rings is 1. The highest BCUT2D eigenvalue weighted by atomic mass is 16.5. The van der Waals surface area contributed by atoms with Crippen LogP contribution in [0.4, 0.5) is 0 Å². The van der Waals surface area contributed by atoms with Crippen LogP contribution in [0.1, 0.15) is 37.0 Å². The van der Waals surface area contributed by atoms with Gasteiger partial charge in [-0.3, -0.25) is 9.67 Å². The third-order valence-electron chi connectivity index (χ3n) is 4.29. The lowest BCUT2D eigenvalue weighted by molar-refractivity contribution is 0.359. The molecule has 0 unspecified atom stereocenters. The fourth-order valence-electron chi connectivity index (χ4n) is 2.79. The van der Waals surface area contributed by atoms with Gasteiger partial charge in [0.1, 0.15) is 6.54 Å². The van der Waals surface area contributed by atoms with Crippen molar-refractivity contribution in [2.24, 2.45) is 0 Å². The average Bonchev–Trinajstić information content (AvgIpc) is 3.33. The highest BCUT2D eigenvalue weighted by Gasteiger charge is 2.11. The number of nitrogens with zero attached hydrogens (tertiary/aromatic N) is 5. The van der Waals surface area contributed by atoms with Crippen LogP contribution in [-0.4, -0.2) is 24.9 Å². The predicted molar refractivity (Wildman–Crippen MR) is 103 cm³/mol. The SMILES string of the molecule is Cc1ccc(-c2cccc(-c3ccn(Cc4noc(C(C)C)n4)n3)c2)nc1. The number of rotatable bonds is 5. The first-order valence-electron chi connectivity index (χ1n) is 8.98. The molecule has 0 radical (unpaired) electrons. The highest BCUT2D eigenvalue weighted by Crippen LogP contribution is 2.24. The fourth-order valence-corrected chi connectivity index (χ4v) is 2.79. The molecule has 0 aliphatic heterocycles. The van der Waals surface area contributed by atoms with E-state index in [2.05, 4.69) is 44.5 Å². The summed E-state index contributed by atoms with van der Waals surface area (Å²) in [5, 5.41) is 8.67. The molecule has 6 heteroatoms. The maximum atomic E-state index is 5.25. The lowest BCUT2D eigenvalue weighted by atomic mass is 10.1. The summed E-state index contributed by atoms with van der Waals surface area (Å²) in [6.45, 7) is 6.57. The van der Waals surface area contributed by atoms with E-state index in [9.17, 15) is 0 Å². The van der Waals surface area contributed by atoms with Crippen LogP contribution < -0.4 is 0 Å². The Morgan fingerprint density at radius 3 is 2.56 bits per heavy atom. The summed E-state index contributed by atoms with van der Waals surface area (Å²) in [6.07, 6.45) is 3.81. The summed E-state index contributed by atoms with van der Waals surface area (Å²) in [4.78, 5) is 8.91. The molecule has 3 aromatic heterocycles. The van der Waals surface area contributed by atoms with E-state index in [0.717, 1.165) is 28.1 Å². The molecule has 6 nitrogen and oxygen atoms in total. The molecule has 0 N–H and O–H groups in total. The Morgan fingerprint density at radius 1 is 1.04 bits per heavy atom. The van der Waals surface area contributed by atoms with Crippen LogP contribution in [0.5, 0.6) is 0 Å². The molecule has 136 valence electrons. The van der Waals surface area contributed by atoms with Gasteiger partial charge in [0, 0.05) is 29.4 Å². The monoisotopic (exact) mass is 359 g/mol. The third-order valence-corrected chi connectivity index (χ3v) is 4.29. The third kappa shape index (κ3) is 3.79. The molecule has 0 amide bonds. The van der Waals surface area contributed by atoms with Crippen LogP contribution >= 0.6 is 0 Å². The lowest BCUT2D eigenvalue weighted by Gasteiger charge is -2.04. The average molecular weight is 359 g/mol. The molecule has 27 heavy (non-hydrogen) atoms. The van der Waals surface area contributed by atoms with E-state index in [1.54, 1.807) is 0 Å². The van der Waals surface area contributed by atoms with E-state index < -0.39 is 0 Å². The molecule has 0 aliphatic carbocycles. The highest BCUT2D eigenvalue weighted by molar-refractivity contribution is 5.69. The molecule has 1 aromatic carbocycles. The van der Waals surface area contributed by atoms with Crippen LogP contribution in [0.25, 0.3) is 22.5 Å². The van der Waals surface area contributed by atoms with Gasteiger partial charge in [-0.25, -0.2) is 0 Å². The van der Waals surface area contributed by atoms with E-state index in [-0.39, 0.29) is 5.92 Å². The second-order valence-corrected chi connectivity index (χ2v) is 6.90. The van der Waals surface area contributed by atoms with Crippen molar-refractivity contribution in [3.05, 3.63) is 72.1 Å². The van der Waals surface area contributed by atoms with Crippen molar-refractivity contribution in [2.45, 2.75) is 33.2 Å². The Labute approximate surface area is 157 Å². The minimum Gasteiger partial charge on any atom is -0.339 e. The van der Waals surface area contributed by atoms with Gasteiger partial charge in [0.15, 0.2) is 5.82 Å². The van der Waals surface area contributed by atoms with Gasteiger partial charge >= 0.3 is 0 Å². The minimum atomic E-state index is 0.220. The topological polar surface area (TPSA) is 69.6 Å². The second kappa shape index (κ2) is 7.15. The van der Waals surface area contributed by atoms with Gasteiger partial charge in [-0.15, -0.1) is 0 Å². The standard InChI is InChI=1S/C21H21N5O/c1-14(2)21-23-20(25-27-21)13-26-10-9-19(24-26)17-6-4-5-16(11-17)18-8-7-15(3)12-22-18/h4-12,14H,13H2,1-3H3. The van der Waals surface area contributed by atoms with E-state index in [0.29, 0.717) is 18.3 Å². The van der Waals surface area contributed by atoms with Crippen LogP contribution in [0.2, 0.25) is 0 Å². The fraction of sp³-hybridized carbons (Fsp3) is 0.238. The normalized spacial score (nSPS) is 11.3. The molecule has 0 atom stereocenters. The Morgan fingerprint density at radius 2 is 1.85 bits per heavy atom. The number of hydrogen-bond acceptors (Lipinski definition) is 5. The van der Waals surface area contributed by atoms with Gasteiger partial charge in [-0.1, -0.05) is 43.3 Å². The zero-order valence-electron chi connectivity index (χ0n) is 15.6. The van der Waals surface area contributed by atoms with Crippen molar-refractivity contribution in [1.82, 2.24) is 24.9 Å². The molecule has 0 saturated carbocycles. The van der Waals surface area contributed by atoms with E-state index >= 15 is 0 Å². The van der Waals surface area contributed by atoms with Gasteiger partial charge in [0.05, 0.1) is 11.4 Å². The molecule has 0 aliphatic rings. The summed E-state index contributed by atoms with van der Waals surface area (Å²) < 4.78 is 7.07. The number of hydrogen-bond donors (Lipinski definition) is 0. The first kappa shape index (κ1) is 17.1. The van der Waals surface area contributed by atoms with Crippen LogP contribution in [0, 0.1) is 6.92 Å². The summed E-state index contributed by atoms with van der Waals surface area (Å²) in [6, 6.07) is 14.3. The molecule has 0 bridgehead atoms. The zero-order valence-corrected chi connectivity index (χ0v) is 15.6. The smallest absolute Gasteiger partial charge is 0.229 e. The van der Waals surface area contributed by atoms with Gasteiger partial charge < -0.3 is 4.52 Å². The van der Waals surface area contributed by atoms with Crippen molar-refractivity contribution >= 4 is 0 Å². The Kier molecular flexibility index (Phi) is 4.54. The van der Waals surface area contributed by atoms with Gasteiger partial charge in [-0.05, 0) is 30.7 Å². The number of aromatic nitrogens is 5. The van der Waals surface area contributed by atoms with Crippen molar-refractivity contribution in [3.63, 3.8) is 0 Å². The number of aryl methyl sites for hydroxylation is 1. The molecular weight excluding hydrogens is 338 g/mol. The Balaban J connectivity index is 1.56.